The molecule has 0 aromatic carbocycles. The van der Waals surface area contributed by atoms with Crippen LogP contribution in [0.1, 0.15) is 11.8 Å². The Morgan fingerprint density at radius 1 is 1.64 bits per heavy atom. The SMILES string of the molecule is CCc1cc2c(=O)[nH]c(SC)nc2s1. The highest BCUT2D eigenvalue weighted by molar-refractivity contribution is 7.98. The summed E-state index contributed by atoms with van der Waals surface area (Å²) in [6.45, 7) is 2.08. The number of aromatic amines is 1. The zero-order valence-corrected chi connectivity index (χ0v) is 9.59. The molecule has 2 aromatic heterocycles. The minimum absolute atomic E-state index is 0.0321. The van der Waals surface area contributed by atoms with Crippen LogP contribution in [0, 0.1) is 0 Å². The fourth-order valence-electron chi connectivity index (χ4n) is 1.23. The van der Waals surface area contributed by atoms with Crippen LogP contribution in [-0.4, -0.2) is 16.2 Å². The maximum atomic E-state index is 11.6. The molecule has 0 bridgehead atoms. The fraction of sp³-hybridized carbons (Fsp3) is 0.333. The Bertz CT molecular complexity index is 515. The maximum Gasteiger partial charge on any atom is 0.260 e. The van der Waals surface area contributed by atoms with Gasteiger partial charge in [-0.05, 0) is 18.7 Å². The molecule has 2 aromatic rings. The lowest BCUT2D eigenvalue weighted by atomic mass is 10.3. The van der Waals surface area contributed by atoms with Gasteiger partial charge in [-0.25, -0.2) is 4.98 Å². The molecule has 0 aliphatic heterocycles. The molecule has 0 aliphatic carbocycles. The third-order valence-electron chi connectivity index (χ3n) is 1.97. The predicted octanol–water partition coefficient (Wildman–Crippen LogP) is 2.27. The molecule has 74 valence electrons. The molecule has 3 nitrogen and oxygen atoms in total. The van der Waals surface area contributed by atoms with Gasteiger partial charge in [0.1, 0.15) is 4.83 Å². The van der Waals surface area contributed by atoms with Crippen LogP contribution in [0.5, 0.6) is 0 Å². The lowest BCUT2D eigenvalue weighted by Gasteiger charge is -1.93. The first-order valence-corrected chi connectivity index (χ1v) is 6.35. The van der Waals surface area contributed by atoms with Crippen LogP contribution in [0.3, 0.4) is 0 Å². The van der Waals surface area contributed by atoms with E-state index >= 15 is 0 Å². The summed E-state index contributed by atoms with van der Waals surface area (Å²) in [5.41, 5.74) is -0.0321. The molecule has 1 N–H and O–H groups in total. The quantitative estimate of drug-likeness (QED) is 0.631. The molecule has 2 heterocycles. The number of H-pyrrole nitrogens is 1. The number of nitrogens with one attached hydrogen (secondary N) is 1. The second-order valence-corrected chi connectivity index (χ2v) is 4.77. The minimum Gasteiger partial charge on any atom is -0.301 e. The molecule has 0 aliphatic rings. The van der Waals surface area contributed by atoms with Gasteiger partial charge in [0.2, 0.25) is 0 Å². The van der Waals surface area contributed by atoms with Crippen molar-refractivity contribution in [2.24, 2.45) is 0 Å². The van der Waals surface area contributed by atoms with Crippen molar-refractivity contribution in [2.75, 3.05) is 6.26 Å². The number of hydrogen-bond acceptors (Lipinski definition) is 4. The van der Waals surface area contributed by atoms with E-state index in [2.05, 4.69) is 16.9 Å². The van der Waals surface area contributed by atoms with E-state index in [9.17, 15) is 4.79 Å². The van der Waals surface area contributed by atoms with Gasteiger partial charge in [0.25, 0.3) is 5.56 Å². The lowest BCUT2D eigenvalue weighted by Crippen LogP contribution is -2.06. The summed E-state index contributed by atoms with van der Waals surface area (Å²) in [7, 11) is 0. The van der Waals surface area contributed by atoms with Crippen molar-refractivity contribution in [2.45, 2.75) is 18.5 Å². The molecule has 0 radical (unpaired) electrons. The number of fused-ring (bicyclic) bond motifs is 1. The van der Waals surface area contributed by atoms with Crippen LogP contribution in [0.25, 0.3) is 10.2 Å². The molecular formula is C9H10N2OS2. The van der Waals surface area contributed by atoms with E-state index < -0.39 is 0 Å². The van der Waals surface area contributed by atoms with Gasteiger partial charge < -0.3 is 4.98 Å². The third-order valence-corrected chi connectivity index (χ3v) is 3.73. The van der Waals surface area contributed by atoms with Crippen molar-refractivity contribution < 1.29 is 0 Å². The molecule has 5 heteroatoms. The largest absolute Gasteiger partial charge is 0.301 e. The third kappa shape index (κ3) is 1.57. The van der Waals surface area contributed by atoms with Gasteiger partial charge in [-0.15, -0.1) is 11.3 Å². The minimum atomic E-state index is -0.0321. The fourth-order valence-corrected chi connectivity index (χ4v) is 2.64. The number of aryl methyl sites for hydroxylation is 1. The smallest absolute Gasteiger partial charge is 0.260 e. The molecule has 0 spiro atoms. The summed E-state index contributed by atoms with van der Waals surface area (Å²) >= 11 is 3.05. The van der Waals surface area contributed by atoms with Crippen molar-refractivity contribution in [3.8, 4) is 0 Å². The topological polar surface area (TPSA) is 45.8 Å². The van der Waals surface area contributed by atoms with Gasteiger partial charge >= 0.3 is 0 Å². The molecular weight excluding hydrogens is 216 g/mol. The Balaban J connectivity index is 2.73. The van der Waals surface area contributed by atoms with E-state index in [4.69, 9.17) is 0 Å². The number of aromatic nitrogens is 2. The molecule has 0 unspecified atom stereocenters. The van der Waals surface area contributed by atoms with Gasteiger partial charge in [0, 0.05) is 4.88 Å². The van der Waals surface area contributed by atoms with Crippen LogP contribution >= 0.6 is 23.1 Å². The molecule has 0 saturated carbocycles. The van der Waals surface area contributed by atoms with Crippen molar-refractivity contribution >= 4 is 33.3 Å². The average molecular weight is 226 g/mol. The summed E-state index contributed by atoms with van der Waals surface area (Å²) < 4.78 is 0. The molecule has 0 saturated heterocycles. The summed E-state index contributed by atoms with van der Waals surface area (Å²) in [6, 6.07) is 1.93. The highest BCUT2D eigenvalue weighted by atomic mass is 32.2. The van der Waals surface area contributed by atoms with Gasteiger partial charge in [-0.1, -0.05) is 18.7 Å². The number of thioether (sulfide) groups is 1. The summed E-state index contributed by atoms with van der Waals surface area (Å²) in [6.07, 6.45) is 2.85. The van der Waals surface area contributed by atoms with Crippen LogP contribution in [0.2, 0.25) is 0 Å². The normalized spacial score (nSPS) is 11.0. The standard InChI is InChI=1S/C9H10N2OS2/c1-3-5-4-6-7(12)10-9(13-2)11-8(6)14-5/h4H,3H2,1-2H3,(H,10,11,12). The Labute approximate surface area is 89.6 Å². The summed E-state index contributed by atoms with van der Waals surface area (Å²) in [5, 5.41) is 1.40. The molecule has 2 rings (SSSR count). The number of rotatable bonds is 2. The van der Waals surface area contributed by atoms with Crippen LogP contribution in [0.4, 0.5) is 0 Å². The average Bonchev–Trinajstić information content (AvgIpc) is 2.61. The van der Waals surface area contributed by atoms with Crippen molar-refractivity contribution in [3.05, 3.63) is 21.3 Å². The second kappa shape index (κ2) is 3.74. The molecule has 14 heavy (non-hydrogen) atoms. The van der Waals surface area contributed by atoms with Crippen molar-refractivity contribution in [3.63, 3.8) is 0 Å². The van der Waals surface area contributed by atoms with E-state index in [1.807, 2.05) is 12.3 Å². The summed E-state index contributed by atoms with van der Waals surface area (Å²) in [5.74, 6) is 0. The van der Waals surface area contributed by atoms with Crippen LogP contribution in [-0.2, 0) is 6.42 Å². The highest BCUT2D eigenvalue weighted by Crippen LogP contribution is 2.22. The Morgan fingerprint density at radius 2 is 2.43 bits per heavy atom. The van der Waals surface area contributed by atoms with Crippen molar-refractivity contribution in [1.82, 2.24) is 9.97 Å². The van der Waals surface area contributed by atoms with E-state index in [-0.39, 0.29) is 5.56 Å². The second-order valence-electron chi connectivity index (χ2n) is 2.86. The van der Waals surface area contributed by atoms with E-state index in [1.165, 1.54) is 16.6 Å². The van der Waals surface area contributed by atoms with E-state index in [0.29, 0.717) is 10.5 Å². The molecule has 0 amide bonds. The summed E-state index contributed by atoms with van der Waals surface area (Å²) in [4.78, 5) is 20.7. The Morgan fingerprint density at radius 3 is 3.07 bits per heavy atom. The van der Waals surface area contributed by atoms with Gasteiger partial charge in [-0.2, -0.15) is 0 Å². The van der Waals surface area contributed by atoms with Crippen LogP contribution < -0.4 is 5.56 Å². The van der Waals surface area contributed by atoms with Crippen LogP contribution in [0.15, 0.2) is 16.0 Å². The predicted molar refractivity (Wildman–Crippen MR) is 61.4 cm³/mol. The van der Waals surface area contributed by atoms with E-state index in [1.54, 1.807) is 11.3 Å². The van der Waals surface area contributed by atoms with Gasteiger partial charge in [0.05, 0.1) is 5.39 Å². The molecule has 0 atom stereocenters. The zero-order valence-electron chi connectivity index (χ0n) is 7.96. The Kier molecular flexibility index (Phi) is 2.60. The first kappa shape index (κ1) is 9.73. The van der Waals surface area contributed by atoms with E-state index in [0.717, 1.165) is 11.3 Å². The van der Waals surface area contributed by atoms with Gasteiger partial charge in [-0.3, -0.25) is 4.79 Å². The van der Waals surface area contributed by atoms with Gasteiger partial charge in [0.15, 0.2) is 5.16 Å². The Hall–Kier alpha value is -0.810. The first-order valence-electron chi connectivity index (χ1n) is 4.31. The van der Waals surface area contributed by atoms with Crippen molar-refractivity contribution in [1.29, 1.82) is 0 Å². The maximum absolute atomic E-state index is 11.6. The monoisotopic (exact) mass is 226 g/mol. The number of thiophene rings is 1. The lowest BCUT2D eigenvalue weighted by molar-refractivity contribution is 0.984. The molecule has 0 fully saturated rings. The highest BCUT2D eigenvalue weighted by Gasteiger charge is 2.06. The zero-order chi connectivity index (χ0) is 10.1. The first-order chi connectivity index (χ1) is 6.74. The number of nitrogens with zero attached hydrogens (tertiary/aromatic N) is 1. The number of hydrogen-bond donors (Lipinski definition) is 1.